The van der Waals surface area contributed by atoms with Crippen LogP contribution in [-0.2, 0) is 4.79 Å². The number of nitrogens with one attached hydrogen (secondary N) is 1. The van der Waals surface area contributed by atoms with Crippen molar-refractivity contribution in [3.05, 3.63) is 125 Å². The molecule has 0 heterocycles. The summed E-state index contributed by atoms with van der Waals surface area (Å²) in [7, 11) is 0. The molecular formula is C30H23ClN2O6. The monoisotopic (exact) mass is 542 g/mol. The van der Waals surface area contributed by atoms with E-state index >= 15 is 0 Å². The molecule has 0 aliphatic rings. The van der Waals surface area contributed by atoms with Crippen molar-refractivity contribution in [2.75, 3.05) is 0 Å². The summed E-state index contributed by atoms with van der Waals surface area (Å²) >= 11 is 5.87. The van der Waals surface area contributed by atoms with Gasteiger partial charge in [0.25, 0.3) is 5.91 Å². The molecule has 196 valence electrons. The number of carbonyl (C=O) groups excluding carboxylic acids is 3. The third-order valence-electron chi connectivity index (χ3n) is 5.29. The number of benzene rings is 4. The number of ether oxygens (including phenoxy) is 3. The quantitative estimate of drug-likeness (QED) is 0.126. The summed E-state index contributed by atoms with van der Waals surface area (Å²) in [5.41, 5.74) is 3.44. The highest BCUT2D eigenvalue weighted by atomic mass is 35.5. The molecule has 0 aromatic heterocycles. The largest absolute Gasteiger partial charge is 0.481 e. The Labute approximate surface area is 229 Å². The van der Waals surface area contributed by atoms with Gasteiger partial charge in [0, 0.05) is 16.7 Å². The molecule has 0 spiro atoms. The van der Waals surface area contributed by atoms with Crippen LogP contribution in [-0.4, -0.2) is 30.2 Å². The molecule has 0 unspecified atom stereocenters. The van der Waals surface area contributed by atoms with Crippen molar-refractivity contribution in [2.45, 2.75) is 13.0 Å². The van der Waals surface area contributed by atoms with E-state index in [1.165, 1.54) is 18.3 Å². The summed E-state index contributed by atoms with van der Waals surface area (Å²) in [5, 5.41) is 4.52. The first-order valence-electron chi connectivity index (χ1n) is 11.8. The molecule has 4 rings (SSSR count). The Balaban J connectivity index is 1.49. The summed E-state index contributed by atoms with van der Waals surface area (Å²) in [6, 6.07) is 28.0. The van der Waals surface area contributed by atoms with Gasteiger partial charge in [-0.3, -0.25) is 4.79 Å². The third kappa shape index (κ3) is 7.77. The molecule has 0 fully saturated rings. The first kappa shape index (κ1) is 27.1. The second-order valence-electron chi connectivity index (χ2n) is 8.16. The molecule has 0 saturated heterocycles. The number of nitrogens with zero attached hydrogens (tertiary/aromatic N) is 1. The maximum Gasteiger partial charge on any atom is 0.343 e. The molecule has 9 heteroatoms. The highest BCUT2D eigenvalue weighted by Gasteiger charge is 2.16. The lowest BCUT2D eigenvalue weighted by atomic mass is 10.2. The van der Waals surface area contributed by atoms with Gasteiger partial charge in [-0.15, -0.1) is 0 Å². The predicted molar refractivity (Wildman–Crippen MR) is 147 cm³/mol. The fourth-order valence-electron chi connectivity index (χ4n) is 3.27. The second kappa shape index (κ2) is 13.0. The van der Waals surface area contributed by atoms with E-state index < -0.39 is 23.9 Å². The fraction of sp³-hybridized carbons (Fsp3) is 0.0667. The average Bonchev–Trinajstić information content (AvgIpc) is 2.96. The molecule has 4 aromatic carbocycles. The van der Waals surface area contributed by atoms with Crippen LogP contribution in [0.5, 0.6) is 17.2 Å². The van der Waals surface area contributed by atoms with E-state index in [4.69, 9.17) is 25.8 Å². The van der Waals surface area contributed by atoms with Crippen LogP contribution in [0.15, 0.2) is 108 Å². The van der Waals surface area contributed by atoms with Gasteiger partial charge in [-0.1, -0.05) is 48.0 Å². The van der Waals surface area contributed by atoms with E-state index in [1.807, 2.05) is 0 Å². The van der Waals surface area contributed by atoms with Gasteiger partial charge in [0.05, 0.1) is 17.3 Å². The summed E-state index contributed by atoms with van der Waals surface area (Å²) in [5.74, 6) is -0.985. The summed E-state index contributed by atoms with van der Waals surface area (Å²) in [4.78, 5) is 37.7. The van der Waals surface area contributed by atoms with Crippen molar-refractivity contribution >= 4 is 35.7 Å². The van der Waals surface area contributed by atoms with E-state index in [0.29, 0.717) is 27.5 Å². The van der Waals surface area contributed by atoms with Gasteiger partial charge in [-0.05, 0) is 67.6 Å². The second-order valence-corrected chi connectivity index (χ2v) is 8.60. The molecule has 1 atom stereocenters. The Morgan fingerprint density at radius 3 is 1.95 bits per heavy atom. The van der Waals surface area contributed by atoms with E-state index in [9.17, 15) is 14.4 Å². The molecular weight excluding hydrogens is 520 g/mol. The van der Waals surface area contributed by atoms with E-state index in [1.54, 1.807) is 97.9 Å². The maximum atomic E-state index is 12.7. The Morgan fingerprint density at radius 2 is 1.33 bits per heavy atom. The summed E-state index contributed by atoms with van der Waals surface area (Å²) in [6.07, 6.45) is 0.460. The number of esters is 2. The van der Waals surface area contributed by atoms with Crippen LogP contribution in [0.1, 0.15) is 33.2 Å². The van der Waals surface area contributed by atoms with E-state index in [2.05, 4.69) is 10.5 Å². The Kier molecular flexibility index (Phi) is 9.05. The first-order valence-corrected chi connectivity index (χ1v) is 12.2. The summed E-state index contributed by atoms with van der Waals surface area (Å²) < 4.78 is 16.6. The van der Waals surface area contributed by atoms with Crippen LogP contribution in [0, 0.1) is 0 Å². The Bertz CT molecular complexity index is 1470. The van der Waals surface area contributed by atoms with Crippen LogP contribution >= 0.6 is 11.6 Å². The standard InChI is InChI=1S/C30H23ClN2O6/c1-20(37-25-16-13-24(31)14-17-25)28(34)33-32-19-23-12-15-26(38-29(35)21-8-4-2-5-9-21)18-27(23)39-30(36)22-10-6-3-7-11-22/h2-20H,1H3,(H,33,34)/b32-19-/t20-/m1/s1. The average molecular weight is 543 g/mol. The highest BCUT2D eigenvalue weighted by Crippen LogP contribution is 2.26. The SMILES string of the molecule is C[C@@H](Oc1ccc(Cl)cc1)C(=O)N/N=C\c1ccc(OC(=O)c2ccccc2)cc1OC(=O)c1ccccc1. The van der Waals surface area contributed by atoms with Crippen molar-refractivity contribution in [3.8, 4) is 17.2 Å². The van der Waals surface area contributed by atoms with Gasteiger partial charge in [0.15, 0.2) is 6.10 Å². The molecule has 4 aromatic rings. The minimum Gasteiger partial charge on any atom is -0.481 e. The van der Waals surface area contributed by atoms with E-state index in [-0.39, 0.29) is 11.5 Å². The fourth-order valence-corrected chi connectivity index (χ4v) is 3.40. The van der Waals surface area contributed by atoms with Crippen molar-refractivity contribution in [2.24, 2.45) is 5.10 Å². The van der Waals surface area contributed by atoms with Gasteiger partial charge in [0.1, 0.15) is 17.2 Å². The van der Waals surface area contributed by atoms with Crippen LogP contribution < -0.4 is 19.6 Å². The number of carbonyl (C=O) groups is 3. The molecule has 0 aliphatic heterocycles. The molecule has 0 aliphatic carbocycles. The van der Waals surface area contributed by atoms with E-state index in [0.717, 1.165) is 0 Å². The van der Waals surface area contributed by atoms with Gasteiger partial charge in [-0.25, -0.2) is 15.0 Å². The van der Waals surface area contributed by atoms with Gasteiger partial charge < -0.3 is 14.2 Å². The zero-order chi connectivity index (χ0) is 27.6. The molecule has 1 amide bonds. The zero-order valence-corrected chi connectivity index (χ0v) is 21.5. The number of rotatable bonds is 9. The third-order valence-corrected chi connectivity index (χ3v) is 5.54. The molecule has 8 nitrogen and oxygen atoms in total. The Morgan fingerprint density at radius 1 is 0.769 bits per heavy atom. The Hall–Kier alpha value is -4.95. The minimum atomic E-state index is -0.849. The lowest BCUT2D eigenvalue weighted by Crippen LogP contribution is -2.33. The van der Waals surface area contributed by atoms with Crippen molar-refractivity contribution in [1.82, 2.24) is 5.43 Å². The zero-order valence-electron chi connectivity index (χ0n) is 20.7. The van der Waals surface area contributed by atoms with Crippen LogP contribution in [0.2, 0.25) is 5.02 Å². The van der Waals surface area contributed by atoms with Crippen molar-refractivity contribution < 1.29 is 28.6 Å². The number of hydrogen-bond acceptors (Lipinski definition) is 7. The molecule has 0 saturated carbocycles. The topological polar surface area (TPSA) is 103 Å². The van der Waals surface area contributed by atoms with Gasteiger partial charge in [0.2, 0.25) is 0 Å². The molecule has 1 N–H and O–H groups in total. The van der Waals surface area contributed by atoms with Crippen LogP contribution in [0.25, 0.3) is 0 Å². The van der Waals surface area contributed by atoms with Crippen LogP contribution in [0.4, 0.5) is 0 Å². The maximum absolute atomic E-state index is 12.7. The van der Waals surface area contributed by atoms with Gasteiger partial charge >= 0.3 is 11.9 Å². The number of amides is 1. The summed E-state index contributed by atoms with van der Waals surface area (Å²) in [6.45, 7) is 1.57. The number of halogens is 1. The minimum absolute atomic E-state index is 0.0747. The number of hydrogen-bond donors (Lipinski definition) is 1. The predicted octanol–water partition coefficient (Wildman–Crippen LogP) is 5.70. The molecule has 0 bridgehead atoms. The van der Waals surface area contributed by atoms with Crippen molar-refractivity contribution in [3.63, 3.8) is 0 Å². The number of hydrazone groups is 1. The molecule has 0 radical (unpaired) electrons. The van der Waals surface area contributed by atoms with Crippen molar-refractivity contribution in [1.29, 1.82) is 0 Å². The molecule has 39 heavy (non-hydrogen) atoms. The van der Waals surface area contributed by atoms with Gasteiger partial charge in [-0.2, -0.15) is 5.10 Å². The smallest absolute Gasteiger partial charge is 0.343 e. The lowest BCUT2D eigenvalue weighted by Gasteiger charge is -2.13. The van der Waals surface area contributed by atoms with Crippen LogP contribution in [0.3, 0.4) is 0 Å². The lowest BCUT2D eigenvalue weighted by molar-refractivity contribution is -0.127. The normalized spacial score (nSPS) is 11.4. The highest BCUT2D eigenvalue weighted by molar-refractivity contribution is 6.30. The first-order chi connectivity index (χ1) is 18.9.